The molecule has 5 heteroatoms. The van der Waals surface area contributed by atoms with E-state index >= 15 is 0 Å². The molecule has 11 rings (SSSR count). The van der Waals surface area contributed by atoms with Gasteiger partial charge in [0.2, 0.25) is 5.95 Å². The Hall–Kier alpha value is -8.41. The number of fused-ring (bicyclic) bond motifs is 3. The number of aromatic nitrogens is 4. The van der Waals surface area contributed by atoms with Crippen LogP contribution in [0.5, 0.6) is 0 Å². The van der Waals surface area contributed by atoms with Gasteiger partial charge in [0.1, 0.15) is 0 Å². The highest BCUT2D eigenvalue weighted by Crippen LogP contribution is 2.40. The molecule has 0 bridgehead atoms. The van der Waals surface area contributed by atoms with Gasteiger partial charge >= 0.3 is 0 Å². The predicted octanol–water partition coefficient (Wildman–Crippen LogP) is 14.8. The molecule has 9 aromatic carbocycles. The fraction of sp³-hybridized carbons (Fsp3) is 0. The highest BCUT2D eigenvalue weighted by molar-refractivity contribution is 6.13. The van der Waals surface area contributed by atoms with E-state index in [0.29, 0.717) is 17.6 Å². The van der Waals surface area contributed by atoms with Crippen molar-refractivity contribution in [2.75, 3.05) is 4.90 Å². The number of para-hydroxylation sites is 4. The Morgan fingerprint density at radius 1 is 0.306 bits per heavy atom. The van der Waals surface area contributed by atoms with Crippen LogP contribution < -0.4 is 4.90 Å². The maximum atomic E-state index is 5.33. The van der Waals surface area contributed by atoms with Crippen LogP contribution in [-0.4, -0.2) is 19.5 Å². The topological polar surface area (TPSA) is 46.8 Å². The number of hydrogen-bond donors (Lipinski definition) is 0. The first-order valence-corrected chi connectivity index (χ1v) is 20.9. The lowest BCUT2D eigenvalue weighted by Gasteiger charge is -2.25. The molecule has 0 saturated heterocycles. The van der Waals surface area contributed by atoms with Gasteiger partial charge in [-0.2, -0.15) is 9.97 Å². The van der Waals surface area contributed by atoms with E-state index in [4.69, 9.17) is 15.0 Å². The van der Waals surface area contributed by atoms with E-state index in [-0.39, 0.29) is 0 Å². The average molecular weight is 794 g/mol. The molecule has 2 heterocycles. The normalized spacial score (nSPS) is 11.2. The summed E-state index contributed by atoms with van der Waals surface area (Å²) in [4.78, 5) is 18.0. The van der Waals surface area contributed by atoms with Gasteiger partial charge in [0.25, 0.3) is 0 Å². The summed E-state index contributed by atoms with van der Waals surface area (Å²) in [6.45, 7) is 0. The van der Waals surface area contributed by atoms with Crippen LogP contribution in [-0.2, 0) is 0 Å². The predicted molar refractivity (Wildman–Crippen MR) is 256 cm³/mol. The maximum Gasteiger partial charge on any atom is 0.238 e. The Bertz CT molecular complexity index is 3270. The molecule has 0 aliphatic rings. The summed E-state index contributed by atoms with van der Waals surface area (Å²) in [5.41, 5.74) is 13.9. The van der Waals surface area contributed by atoms with Crippen molar-refractivity contribution >= 4 is 38.9 Å². The first kappa shape index (κ1) is 36.7. The molecule has 5 nitrogen and oxygen atoms in total. The third-order valence-electron chi connectivity index (χ3n) is 11.5. The fourth-order valence-corrected chi connectivity index (χ4v) is 8.48. The number of anilines is 3. The van der Waals surface area contributed by atoms with E-state index in [1.807, 2.05) is 30.3 Å². The van der Waals surface area contributed by atoms with Gasteiger partial charge in [0, 0.05) is 44.5 Å². The second-order valence-electron chi connectivity index (χ2n) is 15.3. The standard InChI is InChI=1S/C57H39N5/c1-5-17-40(18-6-1)41-31-33-43(34-32-41)50-28-16-29-52-51-27-13-14-30-53(51)62(54(50)52)57-59-55(44-19-7-2-8-20-44)58-56(60-57)46-22-15-21-45(39-46)42-35-37-49(38-36-42)61(47-23-9-3-10-24-47)48-25-11-4-12-26-48/h1-39H. The average Bonchev–Trinajstić information content (AvgIpc) is 3.70. The van der Waals surface area contributed by atoms with E-state index in [0.717, 1.165) is 72.2 Å². The van der Waals surface area contributed by atoms with Crippen LogP contribution in [0.25, 0.3) is 83.9 Å². The number of nitrogens with zero attached hydrogens (tertiary/aromatic N) is 5. The molecule has 0 N–H and O–H groups in total. The number of benzene rings is 9. The second kappa shape index (κ2) is 16.0. The highest BCUT2D eigenvalue weighted by atomic mass is 15.2. The minimum absolute atomic E-state index is 0.560. The molecule has 292 valence electrons. The van der Waals surface area contributed by atoms with Crippen LogP contribution in [0, 0.1) is 0 Å². The van der Waals surface area contributed by atoms with Gasteiger partial charge in [-0.1, -0.05) is 188 Å². The summed E-state index contributed by atoms with van der Waals surface area (Å²) in [7, 11) is 0. The maximum absolute atomic E-state index is 5.33. The summed E-state index contributed by atoms with van der Waals surface area (Å²) in [6, 6.07) is 82.8. The summed E-state index contributed by atoms with van der Waals surface area (Å²) in [5.74, 6) is 1.77. The minimum Gasteiger partial charge on any atom is -0.311 e. The van der Waals surface area contributed by atoms with Gasteiger partial charge in [0.05, 0.1) is 11.0 Å². The van der Waals surface area contributed by atoms with Crippen molar-refractivity contribution in [1.29, 1.82) is 0 Å². The largest absolute Gasteiger partial charge is 0.311 e. The Morgan fingerprint density at radius 2 is 0.758 bits per heavy atom. The van der Waals surface area contributed by atoms with Gasteiger partial charge < -0.3 is 4.90 Å². The molecular formula is C57H39N5. The molecule has 2 aromatic heterocycles. The smallest absolute Gasteiger partial charge is 0.238 e. The Morgan fingerprint density at radius 3 is 1.44 bits per heavy atom. The van der Waals surface area contributed by atoms with Crippen LogP contribution in [0.15, 0.2) is 237 Å². The molecule has 0 spiro atoms. The van der Waals surface area contributed by atoms with E-state index < -0.39 is 0 Å². The summed E-state index contributed by atoms with van der Waals surface area (Å²) in [5, 5.41) is 2.27. The fourth-order valence-electron chi connectivity index (χ4n) is 8.48. The second-order valence-corrected chi connectivity index (χ2v) is 15.3. The zero-order valence-corrected chi connectivity index (χ0v) is 33.8. The van der Waals surface area contributed by atoms with Crippen molar-refractivity contribution in [2.45, 2.75) is 0 Å². The van der Waals surface area contributed by atoms with E-state index in [1.54, 1.807) is 0 Å². The van der Waals surface area contributed by atoms with Gasteiger partial charge in [-0.3, -0.25) is 4.57 Å². The van der Waals surface area contributed by atoms with Gasteiger partial charge in [0.15, 0.2) is 11.6 Å². The summed E-state index contributed by atoms with van der Waals surface area (Å²) < 4.78 is 2.22. The van der Waals surface area contributed by atoms with E-state index in [2.05, 4.69) is 216 Å². The number of rotatable bonds is 9. The summed E-state index contributed by atoms with van der Waals surface area (Å²) >= 11 is 0. The zero-order chi connectivity index (χ0) is 41.2. The monoisotopic (exact) mass is 793 g/mol. The van der Waals surface area contributed by atoms with Gasteiger partial charge in [-0.05, 0) is 76.3 Å². The molecule has 0 saturated carbocycles. The highest BCUT2D eigenvalue weighted by Gasteiger charge is 2.21. The van der Waals surface area contributed by atoms with Crippen LogP contribution in [0.1, 0.15) is 0 Å². The molecule has 0 unspecified atom stereocenters. The van der Waals surface area contributed by atoms with Crippen molar-refractivity contribution in [2.24, 2.45) is 0 Å². The van der Waals surface area contributed by atoms with Crippen LogP contribution >= 0.6 is 0 Å². The molecule has 0 amide bonds. The van der Waals surface area contributed by atoms with Crippen LogP contribution in [0.4, 0.5) is 17.1 Å². The third-order valence-corrected chi connectivity index (χ3v) is 11.5. The van der Waals surface area contributed by atoms with Crippen molar-refractivity contribution < 1.29 is 0 Å². The van der Waals surface area contributed by atoms with Gasteiger partial charge in [-0.25, -0.2) is 4.98 Å². The molecule has 62 heavy (non-hydrogen) atoms. The first-order chi connectivity index (χ1) is 30.7. The van der Waals surface area contributed by atoms with Gasteiger partial charge in [-0.15, -0.1) is 0 Å². The van der Waals surface area contributed by atoms with Crippen LogP contribution in [0.3, 0.4) is 0 Å². The molecular weight excluding hydrogens is 755 g/mol. The Kier molecular flexibility index (Phi) is 9.45. The molecule has 0 aliphatic heterocycles. The molecule has 0 fully saturated rings. The van der Waals surface area contributed by atoms with Crippen molar-refractivity contribution in [1.82, 2.24) is 19.5 Å². The van der Waals surface area contributed by atoms with E-state index in [1.165, 1.54) is 11.1 Å². The van der Waals surface area contributed by atoms with Crippen LogP contribution in [0.2, 0.25) is 0 Å². The number of hydrogen-bond acceptors (Lipinski definition) is 4. The summed E-state index contributed by atoms with van der Waals surface area (Å²) in [6.07, 6.45) is 0. The lowest BCUT2D eigenvalue weighted by molar-refractivity contribution is 0.954. The molecule has 0 radical (unpaired) electrons. The Labute approximate surface area is 360 Å². The van der Waals surface area contributed by atoms with Crippen molar-refractivity contribution in [3.63, 3.8) is 0 Å². The van der Waals surface area contributed by atoms with Crippen molar-refractivity contribution in [3.8, 4) is 62.1 Å². The Balaban J connectivity index is 1.04. The molecule has 0 aliphatic carbocycles. The SMILES string of the molecule is c1ccc(-c2ccc(-c3cccc4c5ccccc5n(-c5nc(-c6ccccc6)nc(-c6cccc(-c7ccc(N(c8ccccc8)c8ccccc8)cc7)c6)n5)c34)cc2)cc1. The lowest BCUT2D eigenvalue weighted by atomic mass is 9.98. The van der Waals surface area contributed by atoms with Crippen molar-refractivity contribution in [3.05, 3.63) is 237 Å². The lowest BCUT2D eigenvalue weighted by Crippen LogP contribution is -2.09. The zero-order valence-electron chi connectivity index (χ0n) is 33.8. The van der Waals surface area contributed by atoms with E-state index in [9.17, 15) is 0 Å². The molecule has 11 aromatic rings. The minimum atomic E-state index is 0.560. The first-order valence-electron chi connectivity index (χ1n) is 20.9. The quantitative estimate of drug-likeness (QED) is 0.146. The third kappa shape index (κ3) is 6.87. The molecule has 0 atom stereocenters.